The van der Waals surface area contributed by atoms with Crippen molar-refractivity contribution < 1.29 is 4.79 Å². The van der Waals surface area contributed by atoms with Crippen LogP contribution in [-0.2, 0) is 4.79 Å². The first-order valence-electron chi connectivity index (χ1n) is 3.56. The molecule has 0 atom stereocenters. The third-order valence-corrected chi connectivity index (χ3v) is 1.44. The Morgan fingerprint density at radius 1 is 1.15 bits per heavy atom. The molecular formula is C9H19ClN2O. The number of hydrogen-bond acceptors (Lipinski definition) is 2. The Balaban J connectivity index is -0.000000500. The zero-order valence-corrected chi connectivity index (χ0v) is 9.55. The number of carbonyl (C=O) groups excluding carboxylic acids is 1. The summed E-state index contributed by atoms with van der Waals surface area (Å²) in [4.78, 5) is 11.0. The van der Waals surface area contributed by atoms with E-state index in [1.165, 1.54) is 0 Å². The van der Waals surface area contributed by atoms with Gasteiger partial charge < -0.3 is 11.5 Å². The lowest BCUT2D eigenvalue weighted by Crippen LogP contribution is -2.22. The molecule has 0 fully saturated rings. The molecule has 0 aliphatic rings. The van der Waals surface area contributed by atoms with Gasteiger partial charge >= 0.3 is 0 Å². The highest BCUT2D eigenvalue weighted by Crippen LogP contribution is 1.98. The maximum atomic E-state index is 11.0. The van der Waals surface area contributed by atoms with Crippen molar-refractivity contribution in [3.63, 3.8) is 0 Å². The minimum Gasteiger partial charge on any atom is -0.344 e. The van der Waals surface area contributed by atoms with Crippen molar-refractivity contribution in [3.05, 3.63) is 23.4 Å². The van der Waals surface area contributed by atoms with Crippen molar-refractivity contribution in [1.82, 2.24) is 11.5 Å². The lowest BCUT2D eigenvalue weighted by molar-refractivity contribution is -0.116. The molecule has 0 heterocycles. The topological polar surface area (TPSA) is 64.1 Å². The maximum absolute atomic E-state index is 11.0. The Labute approximate surface area is 86.3 Å². The third-order valence-electron chi connectivity index (χ3n) is 1.44. The fraction of sp³-hybridized carbons (Fsp3) is 0.444. The van der Waals surface area contributed by atoms with E-state index in [1.807, 2.05) is 20.8 Å². The van der Waals surface area contributed by atoms with E-state index < -0.39 is 0 Å². The van der Waals surface area contributed by atoms with Gasteiger partial charge in [-0.2, -0.15) is 0 Å². The van der Waals surface area contributed by atoms with Crippen LogP contribution in [0.1, 0.15) is 27.7 Å². The Morgan fingerprint density at radius 2 is 1.54 bits per heavy atom. The third kappa shape index (κ3) is 7.56. The zero-order valence-electron chi connectivity index (χ0n) is 8.73. The van der Waals surface area contributed by atoms with Gasteiger partial charge in [0.15, 0.2) is 0 Å². The molecule has 4 heteroatoms. The van der Waals surface area contributed by atoms with Gasteiger partial charge in [0.1, 0.15) is 0 Å². The van der Waals surface area contributed by atoms with Crippen molar-refractivity contribution in [2.45, 2.75) is 27.7 Å². The molecule has 78 valence electrons. The molecule has 0 saturated carbocycles. The first-order chi connectivity index (χ1) is 4.95. The largest absolute Gasteiger partial charge is 0.344 e. The first kappa shape index (κ1) is 18.1. The van der Waals surface area contributed by atoms with Crippen molar-refractivity contribution in [3.8, 4) is 0 Å². The molecule has 0 aliphatic heterocycles. The molecule has 13 heavy (non-hydrogen) atoms. The summed E-state index contributed by atoms with van der Waals surface area (Å²) in [6, 6.07) is 0. The molecular weight excluding hydrogens is 188 g/mol. The molecule has 0 aliphatic carbocycles. The lowest BCUT2D eigenvalue weighted by atomic mass is 10.2. The van der Waals surface area contributed by atoms with Gasteiger partial charge in [-0.15, -0.1) is 12.4 Å². The van der Waals surface area contributed by atoms with E-state index in [-0.39, 0.29) is 24.5 Å². The van der Waals surface area contributed by atoms with Crippen molar-refractivity contribution in [2.24, 2.45) is 0 Å². The number of halogens is 1. The van der Waals surface area contributed by atoms with Crippen LogP contribution >= 0.6 is 12.4 Å². The Hall–Kier alpha value is -0.800. The predicted molar refractivity (Wildman–Crippen MR) is 59.3 cm³/mol. The summed E-state index contributed by atoms with van der Waals surface area (Å²) in [5.41, 5.74) is 2.54. The number of hydrogen-bond donors (Lipinski definition) is 2. The lowest BCUT2D eigenvalue weighted by Gasteiger charge is -2.05. The number of rotatable bonds is 2. The van der Waals surface area contributed by atoms with Crippen LogP contribution in [0.3, 0.4) is 0 Å². The van der Waals surface area contributed by atoms with E-state index >= 15 is 0 Å². The van der Waals surface area contributed by atoms with E-state index in [4.69, 9.17) is 0 Å². The van der Waals surface area contributed by atoms with Crippen LogP contribution in [0, 0.1) is 0 Å². The Kier molecular flexibility index (Phi) is 10.9. The van der Waals surface area contributed by atoms with Crippen LogP contribution in [0.15, 0.2) is 23.4 Å². The van der Waals surface area contributed by atoms with E-state index in [2.05, 4.69) is 11.9 Å². The number of carbonyl (C=O) groups is 1. The van der Waals surface area contributed by atoms with Gasteiger partial charge in [-0.05, 0) is 27.7 Å². The molecule has 0 spiro atoms. The van der Waals surface area contributed by atoms with Gasteiger partial charge in [-0.1, -0.05) is 12.2 Å². The summed E-state index contributed by atoms with van der Waals surface area (Å²) in [6.45, 7) is 11.0. The summed E-state index contributed by atoms with van der Waals surface area (Å²) >= 11 is 0. The highest BCUT2D eigenvalue weighted by atomic mass is 35.5. The molecule has 0 aromatic heterocycles. The van der Waals surface area contributed by atoms with Gasteiger partial charge in [0.05, 0.1) is 0 Å². The highest BCUT2D eigenvalue weighted by Gasteiger charge is 2.01. The number of amides is 1. The second kappa shape index (κ2) is 7.83. The molecule has 4 N–H and O–H groups in total. The van der Waals surface area contributed by atoms with E-state index in [1.54, 1.807) is 6.92 Å². The molecule has 0 saturated heterocycles. The van der Waals surface area contributed by atoms with Crippen LogP contribution in [0.4, 0.5) is 0 Å². The highest BCUT2D eigenvalue weighted by molar-refractivity contribution is 5.93. The summed E-state index contributed by atoms with van der Waals surface area (Å²) in [7, 11) is 0. The van der Waals surface area contributed by atoms with Crippen molar-refractivity contribution in [1.29, 1.82) is 0 Å². The molecule has 0 radical (unpaired) electrons. The summed E-state index contributed by atoms with van der Waals surface area (Å²) in [6.07, 6.45) is 0. The van der Waals surface area contributed by atoms with Crippen molar-refractivity contribution >= 4 is 18.3 Å². The van der Waals surface area contributed by atoms with Crippen LogP contribution in [0.2, 0.25) is 0 Å². The van der Waals surface area contributed by atoms with Crippen LogP contribution in [-0.4, -0.2) is 5.91 Å². The maximum Gasteiger partial charge on any atom is 0.250 e. The minimum atomic E-state index is -0.108. The second-order valence-corrected chi connectivity index (χ2v) is 2.86. The minimum absolute atomic E-state index is 0. The number of nitrogens with one attached hydrogen (secondary N) is 1. The SMILES string of the molecule is C=C(C)C(=O)NC(C)=C(C)C.Cl.N. The molecule has 0 rings (SSSR count). The average Bonchev–Trinajstić information content (AvgIpc) is 1.87. The van der Waals surface area contributed by atoms with E-state index in [0.29, 0.717) is 5.57 Å². The average molecular weight is 207 g/mol. The van der Waals surface area contributed by atoms with E-state index in [0.717, 1.165) is 11.3 Å². The molecule has 0 aromatic rings. The normalized spacial score (nSPS) is 7.38. The number of allylic oxidation sites excluding steroid dienone is 2. The monoisotopic (exact) mass is 206 g/mol. The quantitative estimate of drug-likeness (QED) is 0.683. The standard InChI is InChI=1S/C9H15NO.ClH.H3N/c1-6(2)8(5)10-9(11)7(3)4;;/h3H2,1-2,4-5H3,(H,10,11);1H;1H3. The molecule has 0 bridgehead atoms. The van der Waals surface area contributed by atoms with Gasteiger partial charge in [0.25, 0.3) is 0 Å². The van der Waals surface area contributed by atoms with Gasteiger partial charge in [-0.3, -0.25) is 4.79 Å². The second-order valence-electron chi connectivity index (χ2n) is 2.86. The van der Waals surface area contributed by atoms with Gasteiger partial charge in [0, 0.05) is 11.3 Å². The molecule has 0 unspecified atom stereocenters. The molecule has 0 aromatic carbocycles. The fourth-order valence-corrected chi connectivity index (χ4v) is 0.402. The summed E-state index contributed by atoms with van der Waals surface area (Å²) in [5, 5.41) is 2.72. The first-order valence-corrected chi connectivity index (χ1v) is 3.56. The van der Waals surface area contributed by atoms with Crippen LogP contribution < -0.4 is 11.5 Å². The van der Waals surface area contributed by atoms with Crippen LogP contribution in [0.5, 0.6) is 0 Å². The summed E-state index contributed by atoms with van der Waals surface area (Å²) in [5.74, 6) is -0.108. The van der Waals surface area contributed by atoms with Crippen molar-refractivity contribution in [2.75, 3.05) is 0 Å². The predicted octanol–water partition coefficient (Wildman–Crippen LogP) is 2.58. The Bertz CT molecular complexity index is 218. The smallest absolute Gasteiger partial charge is 0.250 e. The zero-order chi connectivity index (χ0) is 9.02. The Morgan fingerprint density at radius 3 is 1.77 bits per heavy atom. The summed E-state index contributed by atoms with van der Waals surface area (Å²) < 4.78 is 0. The van der Waals surface area contributed by atoms with E-state index in [9.17, 15) is 4.79 Å². The fourth-order valence-electron chi connectivity index (χ4n) is 0.402. The van der Waals surface area contributed by atoms with Gasteiger partial charge in [-0.25, -0.2) is 0 Å². The molecule has 3 nitrogen and oxygen atoms in total. The van der Waals surface area contributed by atoms with Gasteiger partial charge in [0.2, 0.25) is 5.91 Å². The molecule has 1 amide bonds. The van der Waals surface area contributed by atoms with Crippen LogP contribution in [0.25, 0.3) is 0 Å².